The molecule has 1 aromatic carbocycles. The van der Waals surface area contributed by atoms with Crippen LogP contribution in [-0.2, 0) is 33.4 Å². The molecule has 0 saturated carbocycles. The van der Waals surface area contributed by atoms with E-state index in [9.17, 15) is 19.2 Å². The van der Waals surface area contributed by atoms with E-state index in [0.717, 1.165) is 0 Å². The molecule has 12 heteroatoms. The summed E-state index contributed by atoms with van der Waals surface area (Å²) in [5.41, 5.74) is 2.13. The summed E-state index contributed by atoms with van der Waals surface area (Å²) in [5.74, 6) is -2.04. The van der Waals surface area contributed by atoms with Gasteiger partial charge in [-0.1, -0.05) is 29.8 Å². The number of carbonyl (C=O) groups is 4. The van der Waals surface area contributed by atoms with Crippen molar-refractivity contribution < 1.29 is 33.4 Å². The Bertz CT molecular complexity index is 1240. The van der Waals surface area contributed by atoms with Crippen LogP contribution >= 0.6 is 11.6 Å². The molecule has 0 spiro atoms. The fraction of sp³-hybridized carbons (Fsp3) is 0.517. The molecule has 41 heavy (non-hydrogen) atoms. The highest BCUT2D eigenvalue weighted by Crippen LogP contribution is 2.41. The molecular formula is C29H37ClN4O7. The molecule has 1 unspecified atom stereocenters. The number of ether oxygens (including phenoxy) is 3. The zero-order chi connectivity index (χ0) is 29.5. The molecule has 2 atom stereocenters. The van der Waals surface area contributed by atoms with Crippen LogP contribution in [0.15, 0.2) is 46.8 Å². The van der Waals surface area contributed by atoms with Crippen LogP contribution in [0.5, 0.6) is 0 Å². The molecule has 3 heterocycles. The number of hydrogen-bond acceptors (Lipinski definition) is 9. The second kappa shape index (κ2) is 14.0. The van der Waals surface area contributed by atoms with E-state index >= 15 is 0 Å². The molecule has 2 N–H and O–H groups in total. The van der Waals surface area contributed by atoms with Gasteiger partial charge >= 0.3 is 11.9 Å². The highest BCUT2D eigenvalue weighted by Gasteiger charge is 2.39. The smallest absolute Gasteiger partial charge is 0.336 e. The molecular weight excluding hydrogens is 552 g/mol. The average Bonchev–Trinajstić information content (AvgIpc) is 3.41. The van der Waals surface area contributed by atoms with Gasteiger partial charge in [0.05, 0.1) is 49.7 Å². The molecule has 2 amide bonds. The van der Waals surface area contributed by atoms with Gasteiger partial charge in [-0.3, -0.25) is 14.5 Å². The van der Waals surface area contributed by atoms with E-state index in [-0.39, 0.29) is 36.2 Å². The van der Waals surface area contributed by atoms with Crippen LogP contribution in [0.1, 0.15) is 38.2 Å². The minimum absolute atomic E-state index is 0.0172. The van der Waals surface area contributed by atoms with Gasteiger partial charge in [-0.25, -0.2) is 9.59 Å². The van der Waals surface area contributed by atoms with Crippen LogP contribution in [0.3, 0.4) is 0 Å². The summed E-state index contributed by atoms with van der Waals surface area (Å²) in [4.78, 5) is 54.3. The minimum Gasteiger partial charge on any atom is -0.466 e. The minimum atomic E-state index is -0.801. The first-order chi connectivity index (χ1) is 19.7. The summed E-state index contributed by atoms with van der Waals surface area (Å²) in [7, 11) is 1.29. The molecule has 222 valence electrons. The predicted molar refractivity (Wildman–Crippen MR) is 151 cm³/mol. The number of benzene rings is 1. The van der Waals surface area contributed by atoms with E-state index in [1.54, 1.807) is 43.0 Å². The number of nitrogens with one attached hydrogen (secondary N) is 2. The highest BCUT2D eigenvalue weighted by molar-refractivity contribution is 6.31. The fourth-order valence-electron chi connectivity index (χ4n) is 5.44. The zero-order valence-corrected chi connectivity index (χ0v) is 24.4. The van der Waals surface area contributed by atoms with Crippen molar-refractivity contribution >= 4 is 35.4 Å². The van der Waals surface area contributed by atoms with E-state index in [2.05, 4.69) is 15.5 Å². The number of esters is 2. The van der Waals surface area contributed by atoms with Gasteiger partial charge in [0.1, 0.15) is 6.04 Å². The van der Waals surface area contributed by atoms with Crippen molar-refractivity contribution in [2.24, 2.45) is 0 Å². The Morgan fingerprint density at radius 3 is 2.44 bits per heavy atom. The van der Waals surface area contributed by atoms with Crippen molar-refractivity contribution in [1.82, 2.24) is 20.4 Å². The Kier molecular flexibility index (Phi) is 10.4. The molecule has 2 fully saturated rings. The van der Waals surface area contributed by atoms with E-state index < -0.39 is 23.9 Å². The Morgan fingerprint density at radius 2 is 1.80 bits per heavy atom. The summed E-state index contributed by atoms with van der Waals surface area (Å²) in [6.45, 7) is 7.30. The predicted octanol–water partition coefficient (Wildman–Crippen LogP) is 1.73. The maximum atomic E-state index is 13.3. The summed E-state index contributed by atoms with van der Waals surface area (Å²) in [6, 6.07) is 6.65. The number of carbonyl (C=O) groups excluding carboxylic acids is 4. The number of nitrogens with zero attached hydrogens (tertiary/aromatic N) is 2. The second-order valence-corrected chi connectivity index (χ2v) is 10.5. The van der Waals surface area contributed by atoms with E-state index in [1.807, 2.05) is 0 Å². The van der Waals surface area contributed by atoms with Gasteiger partial charge in [-0.15, -0.1) is 0 Å². The molecule has 0 bridgehead atoms. The number of piperazine rings is 1. The standard InChI is InChI=1S/C29H37ClN4O7/c1-4-41-29(38)26-22(31-18(2)24(28(37)39-3)25(26)19-7-5-6-8-20(19)30)17-40-16-15-33-11-13-34(14-12-33)27(36)21-9-10-23(35)32-21/h5-8,21,25,31H,4,9-17H2,1-3H3,(H,32,35)/t21-,25?/m0/s1. The quantitative estimate of drug-likeness (QED) is 0.310. The molecule has 11 nitrogen and oxygen atoms in total. The SMILES string of the molecule is CCOC(=O)C1=C(COCCN2CCN(C(=O)[C@@H]3CCC(=O)N3)CC2)NC(C)=C(C(=O)OC)C1c1ccccc1Cl. The Balaban J connectivity index is 1.43. The molecule has 2 saturated heterocycles. The van der Waals surface area contributed by atoms with Gasteiger partial charge in [0.2, 0.25) is 11.8 Å². The van der Waals surface area contributed by atoms with E-state index in [0.29, 0.717) is 74.2 Å². The molecule has 4 rings (SSSR count). The number of hydrogen-bond donors (Lipinski definition) is 2. The molecule has 1 aromatic rings. The number of rotatable bonds is 10. The van der Waals surface area contributed by atoms with Gasteiger partial charge in [0.25, 0.3) is 0 Å². The summed E-state index contributed by atoms with van der Waals surface area (Å²) in [6.07, 6.45) is 0.950. The summed E-state index contributed by atoms with van der Waals surface area (Å²) in [5, 5.41) is 6.33. The Hall–Kier alpha value is -3.41. The van der Waals surface area contributed by atoms with Crippen molar-refractivity contribution in [3.8, 4) is 0 Å². The van der Waals surface area contributed by atoms with Crippen LogP contribution in [0.2, 0.25) is 5.02 Å². The summed E-state index contributed by atoms with van der Waals surface area (Å²) >= 11 is 6.55. The van der Waals surface area contributed by atoms with Gasteiger partial charge in [-0.2, -0.15) is 0 Å². The molecule has 3 aliphatic rings. The first-order valence-electron chi connectivity index (χ1n) is 13.8. The second-order valence-electron chi connectivity index (χ2n) is 10.1. The van der Waals surface area contributed by atoms with Crippen LogP contribution in [0.4, 0.5) is 0 Å². The van der Waals surface area contributed by atoms with Crippen LogP contribution in [0, 0.1) is 0 Å². The maximum absolute atomic E-state index is 13.3. The third-order valence-corrected chi connectivity index (χ3v) is 7.88. The van der Waals surface area contributed by atoms with E-state index in [1.165, 1.54) is 7.11 Å². The van der Waals surface area contributed by atoms with Crippen molar-refractivity contribution in [1.29, 1.82) is 0 Å². The normalized spacial score (nSPS) is 21.5. The van der Waals surface area contributed by atoms with Crippen molar-refractivity contribution in [3.05, 3.63) is 57.4 Å². The third-order valence-electron chi connectivity index (χ3n) is 7.54. The van der Waals surface area contributed by atoms with Crippen molar-refractivity contribution in [3.63, 3.8) is 0 Å². The van der Waals surface area contributed by atoms with Crippen molar-refractivity contribution in [2.75, 3.05) is 59.7 Å². The molecule has 0 aromatic heterocycles. The number of halogens is 1. The number of allylic oxidation sites excluding steroid dienone is 1. The Morgan fingerprint density at radius 1 is 1.07 bits per heavy atom. The first kappa shape index (κ1) is 30.5. The lowest BCUT2D eigenvalue weighted by Gasteiger charge is -2.36. The number of dihydropyridines is 1. The highest BCUT2D eigenvalue weighted by atomic mass is 35.5. The maximum Gasteiger partial charge on any atom is 0.336 e. The number of methoxy groups -OCH3 is 1. The molecule has 0 aliphatic carbocycles. The third kappa shape index (κ3) is 7.09. The van der Waals surface area contributed by atoms with Gasteiger partial charge in [0.15, 0.2) is 0 Å². The Labute approximate surface area is 244 Å². The average molecular weight is 589 g/mol. The molecule has 0 radical (unpaired) electrons. The van der Waals surface area contributed by atoms with Gasteiger partial charge < -0.3 is 29.7 Å². The zero-order valence-electron chi connectivity index (χ0n) is 23.7. The van der Waals surface area contributed by atoms with Crippen LogP contribution in [-0.4, -0.2) is 99.2 Å². The lowest BCUT2D eigenvalue weighted by Crippen LogP contribution is -2.53. The van der Waals surface area contributed by atoms with Crippen LogP contribution in [0.25, 0.3) is 0 Å². The largest absolute Gasteiger partial charge is 0.466 e. The van der Waals surface area contributed by atoms with Gasteiger partial charge in [-0.05, 0) is 31.9 Å². The first-order valence-corrected chi connectivity index (χ1v) is 14.2. The van der Waals surface area contributed by atoms with Crippen LogP contribution < -0.4 is 10.6 Å². The topological polar surface area (TPSA) is 127 Å². The number of amides is 2. The lowest BCUT2D eigenvalue weighted by atomic mass is 9.80. The summed E-state index contributed by atoms with van der Waals surface area (Å²) < 4.78 is 16.5. The fourth-order valence-corrected chi connectivity index (χ4v) is 5.69. The lowest BCUT2D eigenvalue weighted by molar-refractivity contribution is -0.139. The van der Waals surface area contributed by atoms with E-state index in [4.69, 9.17) is 25.8 Å². The van der Waals surface area contributed by atoms with Gasteiger partial charge in [0, 0.05) is 49.9 Å². The molecule has 3 aliphatic heterocycles. The monoisotopic (exact) mass is 588 g/mol. The van der Waals surface area contributed by atoms with Crippen molar-refractivity contribution in [2.45, 2.75) is 38.6 Å².